The minimum Gasteiger partial charge on any atom is -0.394 e. The SMILES string of the molecule is O=C(CNC(=O)[C@H]1CCCN(S(=O)(=O)c2ccccc2)C1)N[C@H](CO)c1ccccc1. The molecule has 0 aromatic heterocycles. The standard InChI is InChI=1S/C22H27N3O5S/c26-16-20(17-8-3-1-4-9-17)24-21(27)14-23-22(28)18-10-7-13-25(15-18)31(29,30)19-11-5-2-6-12-19/h1-6,8-9,11-12,18,20,26H,7,10,13-16H2,(H,23,28)(H,24,27)/t18-,20+/m0/s1. The molecular formula is C22H27N3O5S. The van der Waals surface area contributed by atoms with Crippen LogP contribution in [-0.4, -0.2) is 55.9 Å². The smallest absolute Gasteiger partial charge is 0.243 e. The number of nitrogens with zero attached hydrogens (tertiary/aromatic N) is 1. The first-order valence-electron chi connectivity index (χ1n) is 10.2. The summed E-state index contributed by atoms with van der Waals surface area (Å²) in [7, 11) is -3.66. The van der Waals surface area contributed by atoms with Crippen molar-refractivity contribution in [3.05, 3.63) is 66.2 Å². The van der Waals surface area contributed by atoms with Gasteiger partial charge in [0.05, 0.1) is 30.0 Å². The number of sulfonamides is 1. The summed E-state index contributed by atoms with van der Waals surface area (Å²) < 4.78 is 27.0. The van der Waals surface area contributed by atoms with Crippen LogP contribution in [0.15, 0.2) is 65.6 Å². The van der Waals surface area contributed by atoms with Gasteiger partial charge in [0.25, 0.3) is 0 Å². The van der Waals surface area contributed by atoms with Crippen LogP contribution in [0.25, 0.3) is 0 Å². The van der Waals surface area contributed by atoms with E-state index in [4.69, 9.17) is 0 Å². The first-order valence-corrected chi connectivity index (χ1v) is 11.6. The van der Waals surface area contributed by atoms with E-state index in [9.17, 15) is 23.1 Å². The topological polar surface area (TPSA) is 116 Å². The molecule has 1 fully saturated rings. The predicted molar refractivity (Wildman–Crippen MR) is 115 cm³/mol. The van der Waals surface area contributed by atoms with E-state index in [1.807, 2.05) is 18.2 Å². The molecule has 2 atom stereocenters. The molecule has 0 spiro atoms. The molecule has 2 aromatic carbocycles. The zero-order valence-electron chi connectivity index (χ0n) is 17.1. The first kappa shape index (κ1) is 22.9. The molecule has 1 aliphatic heterocycles. The van der Waals surface area contributed by atoms with Crippen molar-refractivity contribution in [1.82, 2.24) is 14.9 Å². The summed E-state index contributed by atoms with van der Waals surface area (Å²) in [5, 5.41) is 14.8. The molecule has 0 aliphatic carbocycles. The van der Waals surface area contributed by atoms with Gasteiger partial charge < -0.3 is 15.7 Å². The summed E-state index contributed by atoms with van der Waals surface area (Å²) in [4.78, 5) is 25.0. The third-order valence-electron chi connectivity index (χ3n) is 5.28. The van der Waals surface area contributed by atoms with Crippen molar-refractivity contribution >= 4 is 21.8 Å². The Morgan fingerprint density at radius 1 is 1.06 bits per heavy atom. The zero-order valence-corrected chi connectivity index (χ0v) is 17.9. The number of nitrogens with one attached hydrogen (secondary N) is 2. The van der Waals surface area contributed by atoms with Crippen LogP contribution in [0.2, 0.25) is 0 Å². The van der Waals surface area contributed by atoms with Gasteiger partial charge in [-0.3, -0.25) is 9.59 Å². The molecule has 0 radical (unpaired) electrons. The van der Waals surface area contributed by atoms with Gasteiger partial charge in [0.15, 0.2) is 0 Å². The highest BCUT2D eigenvalue weighted by Gasteiger charge is 2.33. The first-order chi connectivity index (χ1) is 14.9. The van der Waals surface area contributed by atoms with Gasteiger partial charge in [0.2, 0.25) is 21.8 Å². The number of hydrogen-bond donors (Lipinski definition) is 3. The summed E-state index contributed by atoms with van der Waals surface area (Å²) in [6, 6.07) is 16.6. The van der Waals surface area contributed by atoms with E-state index in [0.29, 0.717) is 19.4 Å². The lowest BCUT2D eigenvalue weighted by Gasteiger charge is -2.31. The Kier molecular flexibility index (Phi) is 7.78. The van der Waals surface area contributed by atoms with Crippen LogP contribution in [-0.2, 0) is 19.6 Å². The minimum absolute atomic E-state index is 0.0773. The van der Waals surface area contributed by atoms with Crippen LogP contribution in [0.4, 0.5) is 0 Å². The van der Waals surface area contributed by atoms with E-state index in [-0.39, 0.29) is 30.5 Å². The fourth-order valence-corrected chi connectivity index (χ4v) is 5.14. The molecule has 1 heterocycles. The highest BCUT2D eigenvalue weighted by Crippen LogP contribution is 2.23. The average Bonchev–Trinajstić information content (AvgIpc) is 2.82. The monoisotopic (exact) mass is 445 g/mol. The second-order valence-electron chi connectivity index (χ2n) is 7.45. The maximum absolute atomic E-state index is 12.8. The molecule has 2 amide bonds. The molecule has 0 unspecified atom stereocenters. The third-order valence-corrected chi connectivity index (χ3v) is 7.16. The van der Waals surface area contributed by atoms with Gasteiger partial charge in [-0.15, -0.1) is 0 Å². The molecule has 3 rings (SSSR count). The van der Waals surface area contributed by atoms with Crippen LogP contribution < -0.4 is 10.6 Å². The largest absolute Gasteiger partial charge is 0.394 e. The molecule has 1 saturated heterocycles. The number of benzene rings is 2. The maximum Gasteiger partial charge on any atom is 0.243 e. The molecule has 9 heteroatoms. The van der Waals surface area contributed by atoms with E-state index in [2.05, 4.69) is 10.6 Å². The fraction of sp³-hybridized carbons (Fsp3) is 0.364. The Balaban J connectivity index is 1.54. The van der Waals surface area contributed by atoms with Crippen molar-refractivity contribution in [2.24, 2.45) is 5.92 Å². The van der Waals surface area contributed by atoms with E-state index in [1.54, 1.807) is 30.3 Å². The average molecular weight is 446 g/mol. The third kappa shape index (κ3) is 5.90. The Labute approximate surface area is 182 Å². The maximum atomic E-state index is 12.8. The highest BCUT2D eigenvalue weighted by molar-refractivity contribution is 7.89. The molecule has 3 N–H and O–H groups in total. The van der Waals surface area contributed by atoms with E-state index in [0.717, 1.165) is 5.56 Å². The van der Waals surface area contributed by atoms with Gasteiger partial charge in [-0.1, -0.05) is 48.5 Å². The van der Waals surface area contributed by atoms with Gasteiger partial charge in [0.1, 0.15) is 0 Å². The molecule has 31 heavy (non-hydrogen) atoms. The Morgan fingerprint density at radius 3 is 2.35 bits per heavy atom. The minimum atomic E-state index is -3.66. The summed E-state index contributed by atoms with van der Waals surface area (Å²) in [5.74, 6) is -1.31. The predicted octanol–water partition coefficient (Wildman–Crippen LogP) is 1.05. The van der Waals surface area contributed by atoms with Gasteiger partial charge in [-0.2, -0.15) is 4.31 Å². The van der Waals surface area contributed by atoms with E-state index < -0.39 is 27.9 Å². The van der Waals surface area contributed by atoms with E-state index >= 15 is 0 Å². The number of piperidine rings is 1. The molecule has 8 nitrogen and oxygen atoms in total. The molecule has 2 aromatic rings. The van der Waals surface area contributed by atoms with Gasteiger partial charge in [0, 0.05) is 13.1 Å². The normalized spacial score (nSPS) is 18.2. The van der Waals surface area contributed by atoms with Crippen LogP contribution >= 0.6 is 0 Å². The van der Waals surface area contributed by atoms with Crippen LogP contribution in [0.1, 0.15) is 24.4 Å². The lowest BCUT2D eigenvalue weighted by molar-refractivity contribution is -0.129. The summed E-state index contributed by atoms with van der Waals surface area (Å²) in [6.45, 7) is -0.0760. The van der Waals surface area contributed by atoms with Crippen molar-refractivity contribution in [2.45, 2.75) is 23.8 Å². The van der Waals surface area contributed by atoms with Crippen molar-refractivity contribution in [2.75, 3.05) is 26.2 Å². The number of aliphatic hydroxyl groups excluding tert-OH is 1. The molecule has 0 saturated carbocycles. The number of carbonyl (C=O) groups excluding carboxylic acids is 2. The number of carbonyl (C=O) groups is 2. The lowest BCUT2D eigenvalue weighted by atomic mass is 9.99. The molecular weight excluding hydrogens is 418 g/mol. The summed E-state index contributed by atoms with van der Waals surface area (Å²) in [6.07, 6.45) is 1.12. The second kappa shape index (κ2) is 10.5. The Morgan fingerprint density at radius 2 is 1.71 bits per heavy atom. The Hall–Kier alpha value is -2.75. The second-order valence-corrected chi connectivity index (χ2v) is 9.38. The van der Waals surface area contributed by atoms with Gasteiger partial charge in [-0.25, -0.2) is 8.42 Å². The molecule has 1 aliphatic rings. The number of aliphatic hydroxyl groups is 1. The number of hydrogen-bond acceptors (Lipinski definition) is 5. The van der Waals surface area contributed by atoms with Crippen LogP contribution in [0, 0.1) is 5.92 Å². The van der Waals surface area contributed by atoms with Crippen LogP contribution in [0.5, 0.6) is 0 Å². The fourth-order valence-electron chi connectivity index (χ4n) is 3.59. The van der Waals surface area contributed by atoms with E-state index in [1.165, 1.54) is 16.4 Å². The van der Waals surface area contributed by atoms with Crippen LogP contribution in [0.3, 0.4) is 0 Å². The quantitative estimate of drug-likeness (QED) is 0.562. The highest BCUT2D eigenvalue weighted by atomic mass is 32.2. The van der Waals surface area contributed by atoms with Gasteiger partial charge >= 0.3 is 0 Å². The summed E-state index contributed by atoms with van der Waals surface area (Å²) >= 11 is 0. The number of rotatable bonds is 8. The van der Waals surface area contributed by atoms with Crippen molar-refractivity contribution in [3.8, 4) is 0 Å². The number of amides is 2. The van der Waals surface area contributed by atoms with Crippen molar-refractivity contribution < 1.29 is 23.1 Å². The van der Waals surface area contributed by atoms with Crippen molar-refractivity contribution in [1.29, 1.82) is 0 Å². The zero-order chi connectivity index (χ0) is 22.3. The Bertz CT molecular complexity index is 983. The molecule has 0 bridgehead atoms. The van der Waals surface area contributed by atoms with Gasteiger partial charge in [-0.05, 0) is 30.5 Å². The molecule has 166 valence electrons. The lowest BCUT2D eigenvalue weighted by Crippen LogP contribution is -2.47. The van der Waals surface area contributed by atoms with Crippen molar-refractivity contribution in [3.63, 3.8) is 0 Å². The summed E-state index contributed by atoms with van der Waals surface area (Å²) in [5.41, 5.74) is 0.763.